The van der Waals surface area contributed by atoms with Crippen molar-refractivity contribution in [2.45, 2.75) is 26.3 Å². The van der Waals surface area contributed by atoms with Crippen LogP contribution in [0.5, 0.6) is 11.5 Å². The van der Waals surface area contributed by atoms with E-state index in [2.05, 4.69) is 13.8 Å². The van der Waals surface area contributed by atoms with Crippen LogP contribution in [0.1, 0.15) is 30.6 Å². The maximum Gasteiger partial charge on any atom is 0.253 e. The highest BCUT2D eigenvalue weighted by Gasteiger charge is 2.16. The maximum absolute atomic E-state index is 12.4. The smallest absolute Gasteiger partial charge is 0.253 e. The van der Waals surface area contributed by atoms with Gasteiger partial charge in [0.15, 0.2) is 0 Å². The Kier molecular flexibility index (Phi) is 6.49. The van der Waals surface area contributed by atoms with E-state index in [4.69, 9.17) is 15.2 Å². The van der Waals surface area contributed by atoms with Gasteiger partial charge in [0, 0.05) is 31.3 Å². The molecule has 0 heterocycles. The molecular formula is C16H26N2O3. The van der Waals surface area contributed by atoms with Crippen molar-refractivity contribution in [1.82, 2.24) is 4.90 Å². The normalized spacial score (nSPS) is 12.1. The number of benzene rings is 1. The molecule has 2 N–H and O–H groups in total. The lowest BCUT2D eigenvalue weighted by molar-refractivity contribution is 0.0788. The largest absolute Gasteiger partial charge is 0.497 e. The van der Waals surface area contributed by atoms with Crippen LogP contribution in [0, 0.1) is 5.92 Å². The van der Waals surface area contributed by atoms with E-state index in [9.17, 15) is 4.79 Å². The fourth-order valence-corrected chi connectivity index (χ4v) is 1.93. The summed E-state index contributed by atoms with van der Waals surface area (Å²) in [5.74, 6) is 1.54. The minimum atomic E-state index is -0.0665. The minimum absolute atomic E-state index is 0.0665. The van der Waals surface area contributed by atoms with Crippen molar-refractivity contribution < 1.29 is 14.3 Å². The first-order valence-electron chi connectivity index (χ1n) is 7.13. The van der Waals surface area contributed by atoms with Gasteiger partial charge in [-0.1, -0.05) is 13.8 Å². The molecule has 0 fully saturated rings. The van der Waals surface area contributed by atoms with Gasteiger partial charge in [0.25, 0.3) is 5.91 Å². The van der Waals surface area contributed by atoms with Crippen molar-refractivity contribution in [3.8, 4) is 11.5 Å². The summed E-state index contributed by atoms with van der Waals surface area (Å²) < 4.78 is 10.4. The maximum atomic E-state index is 12.4. The van der Waals surface area contributed by atoms with E-state index < -0.39 is 0 Å². The molecule has 5 heteroatoms. The zero-order valence-electron chi connectivity index (χ0n) is 13.6. The predicted octanol–water partition coefficient (Wildman–Crippen LogP) is 2.15. The lowest BCUT2D eigenvalue weighted by Gasteiger charge is -2.22. The average Bonchev–Trinajstić information content (AvgIpc) is 2.50. The summed E-state index contributed by atoms with van der Waals surface area (Å²) >= 11 is 0. The molecule has 0 radical (unpaired) electrons. The fraction of sp³-hybridized carbons (Fsp3) is 0.562. The molecule has 0 aliphatic carbocycles. The van der Waals surface area contributed by atoms with Crippen LogP contribution in [0.3, 0.4) is 0 Å². The van der Waals surface area contributed by atoms with Crippen LogP contribution in [0.15, 0.2) is 18.2 Å². The summed E-state index contributed by atoms with van der Waals surface area (Å²) in [4.78, 5) is 14.1. The Bertz CT molecular complexity index is 452. The topological polar surface area (TPSA) is 64.8 Å². The summed E-state index contributed by atoms with van der Waals surface area (Å²) in [5, 5.41) is 0. The van der Waals surface area contributed by atoms with Gasteiger partial charge >= 0.3 is 0 Å². The van der Waals surface area contributed by atoms with Crippen molar-refractivity contribution >= 4 is 5.91 Å². The second-order valence-electron chi connectivity index (χ2n) is 5.52. The summed E-state index contributed by atoms with van der Waals surface area (Å²) in [6.07, 6.45) is 0.779. The molecule has 1 rings (SSSR count). The number of hydrogen-bond acceptors (Lipinski definition) is 4. The molecular weight excluding hydrogens is 268 g/mol. The van der Waals surface area contributed by atoms with E-state index in [1.54, 1.807) is 44.4 Å². The molecule has 0 aliphatic rings. The van der Waals surface area contributed by atoms with E-state index >= 15 is 0 Å². The number of carbonyl (C=O) groups excluding carboxylic acids is 1. The molecule has 0 saturated carbocycles. The van der Waals surface area contributed by atoms with Gasteiger partial charge in [0.1, 0.15) is 11.5 Å². The third-order valence-electron chi connectivity index (χ3n) is 3.60. The Morgan fingerprint density at radius 1 is 1.19 bits per heavy atom. The molecule has 1 aromatic rings. The lowest BCUT2D eigenvalue weighted by Crippen LogP contribution is -2.34. The highest BCUT2D eigenvalue weighted by molar-refractivity contribution is 5.95. The van der Waals surface area contributed by atoms with Gasteiger partial charge in [-0.25, -0.2) is 0 Å². The van der Waals surface area contributed by atoms with Crippen LogP contribution in [0.4, 0.5) is 0 Å². The summed E-state index contributed by atoms with van der Waals surface area (Å²) in [7, 11) is 4.91. The van der Waals surface area contributed by atoms with Crippen LogP contribution < -0.4 is 15.2 Å². The Labute approximate surface area is 127 Å². The fourth-order valence-electron chi connectivity index (χ4n) is 1.93. The van der Waals surface area contributed by atoms with E-state index in [0.29, 0.717) is 29.5 Å². The second-order valence-corrected chi connectivity index (χ2v) is 5.52. The SMILES string of the molecule is COc1cc(OC)cc(C(=O)N(C)CCC(N)C(C)C)c1. The van der Waals surface area contributed by atoms with Gasteiger partial charge in [-0.3, -0.25) is 4.79 Å². The van der Waals surface area contributed by atoms with Gasteiger partial charge in [0.05, 0.1) is 14.2 Å². The predicted molar refractivity (Wildman–Crippen MR) is 83.9 cm³/mol. The van der Waals surface area contributed by atoms with E-state index in [1.165, 1.54) is 0 Å². The zero-order chi connectivity index (χ0) is 16.0. The number of rotatable bonds is 7. The van der Waals surface area contributed by atoms with Crippen molar-refractivity contribution in [3.63, 3.8) is 0 Å². The van der Waals surface area contributed by atoms with Crippen LogP contribution >= 0.6 is 0 Å². The number of hydrogen-bond donors (Lipinski definition) is 1. The van der Waals surface area contributed by atoms with Crippen LogP contribution in [-0.4, -0.2) is 44.7 Å². The number of ether oxygens (including phenoxy) is 2. The molecule has 5 nitrogen and oxygen atoms in total. The molecule has 1 unspecified atom stereocenters. The number of carbonyl (C=O) groups is 1. The summed E-state index contributed by atoms with van der Waals surface area (Å²) in [6.45, 7) is 4.79. The van der Waals surface area contributed by atoms with Gasteiger partial charge in [-0.2, -0.15) is 0 Å². The summed E-state index contributed by atoms with van der Waals surface area (Å²) in [6, 6.07) is 5.26. The van der Waals surface area contributed by atoms with Crippen molar-refractivity contribution in [3.05, 3.63) is 23.8 Å². The highest BCUT2D eigenvalue weighted by atomic mass is 16.5. The van der Waals surface area contributed by atoms with E-state index in [1.807, 2.05) is 0 Å². The first-order chi connectivity index (χ1) is 9.88. The number of nitrogens with two attached hydrogens (primary N) is 1. The van der Waals surface area contributed by atoms with Gasteiger partial charge in [0.2, 0.25) is 0 Å². The molecule has 0 aliphatic heterocycles. The molecule has 0 spiro atoms. The van der Waals surface area contributed by atoms with E-state index in [0.717, 1.165) is 6.42 Å². The van der Waals surface area contributed by atoms with Crippen molar-refractivity contribution in [2.24, 2.45) is 11.7 Å². The minimum Gasteiger partial charge on any atom is -0.497 e. The molecule has 0 aromatic heterocycles. The molecule has 1 aromatic carbocycles. The van der Waals surface area contributed by atoms with Crippen molar-refractivity contribution in [2.75, 3.05) is 27.8 Å². The van der Waals surface area contributed by atoms with Crippen molar-refractivity contribution in [1.29, 1.82) is 0 Å². The zero-order valence-corrected chi connectivity index (χ0v) is 13.6. The molecule has 118 valence electrons. The second kappa shape index (κ2) is 7.88. The quantitative estimate of drug-likeness (QED) is 0.837. The van der Waals surface area contributed by atoms with Gasteiger partial charge in [-0.15, -0.1) is 0 Å². The van der Waals surface area contributed by atoms with Crippen LogP contribution in [0.2, 0.25) is 0 Å². The average molecular weight is 294 g/mol. The molecule has 21 heavy (non-hydrogen) atoms. The Morgan fingerprint density at radius 3 is 2.14 bits per heavy atom. The number of amides is 1. The Morgan fingerprint density at radius 2 is 1.71 bits per heavy atom. The highest BCUT2D eigenvalue weighted by Crippen LogP contribution is 2.23. The lowest BCUT2D eigenvalue weighted by atomic mass is 10.0. The third-order valence-corrected chi connectivity index (χ3v) is 3.60. The van der Waals surface area contributed by atoms with Crippen LogP contribution in [-0.2, 0) is 0 Å². The Balaban J connectivity index is 2.77. The Hall–Kier alpha value is -1.75. The molecule has 0 saturated heterocycles. The first kappa shape index (κ1) is 17.3. The van der Waals surface area contributed by atoms with Gasteiger partial charge in [-0.05, 0) is 24.5 Å². The van der Waals surface area contributed by atoms with Crippen LogP contribution in [0.25, 0.3) is 0 Å². The van der Waals surface area contributed by atoms with Gasteiger partial charge < -0.3 is 20.1 Å². The molecule has 0 bridgehead atoms. The molecule has 1 atom stereocenters. The first-order valence-corrected chi connectivity index (χ1v) is 7.13. The van der Waals surface area contributed by atoms with E-state index in [-0.39, 0.29) is 11.9 Å². The monoisotopic (exact) mass is 294 g/mol. The third kappa shape index (κ3) is 4.93. The summed E-state index contributed by atoms with van der Waals surface area (Å²) in [5.41, 5.74) is 6.56. The number of nitrogens with zero attached hydrogens (tertiary/aromatic N) is 1. The standard InChI is InChI=1S/C16H26N2O3/c1-11(2)15(17)6-7-18(3)16(19)12-8-13(20-4)10-14(9-12)21-5/h8-11,15H,6-7,17H2,1-5H3. The molecule has 1 amide bonds. The number of methoxy groups -OCH3 is 2.